The third-order valence-electron chi connectivity index (χ3n) is 5.64. The third-order valence-corrected chi connectivity index (χ3v) is 5.64. The van der Waals surface area contributed by atoms with Crippen LogP contribution in [0.1, 0.15) is 40.7 Å². The Labute approximate surface area is 168 Å². The van der Waals surface area contributed by atoms with Crippen LogP contribution >= 0.6 is 0 Å². The fraction of sp³-hybridized carbons (Fsp3) is 0.261. The van der Waals surface area contributed by atoms with Crippen molar-refractivity contribution in [3.05, 3.63) is 71.7 Å². The molecule has 1 aliphatic rings. The largest absolute Gasteiger partial charge is 0.350 e. The molecule has 2 aromatic carbocycles. The highest BCUT2D eigenvalue weighted by molar-refractivity contribution is 5.92. The monoisotopic (exact) mass is 386 g/mol. The van der Waals surface area contributed by atoms with Crippen molar-refractivity contribution in [2.45, 2.75) is 25.7 Å². The van der Waals surface area contributed by atoms with Crippen molar-refractivity contribution in [2.24, 2.45) is 0 Å². The van der Waals surface area contributed by atoms with Crippen LogP contribution in [0.3, 0.4) is 0 Å². The molecule has 0 radical (unpaired) electrons. The number of rotatable bonds is 3. The SMILES string of the molecule is Cc1ccc(-c2cc(C(=O)N3CCC(c4nc5ccccc5[nH]4)CC3)on2)cc1. The van der Waals surface area contributed by atoms with E-state index < -0.39 is 0 Å². The number of fused-ring (bicyclic) bond motifs is 1. The molecule has 146 valence electrons. The number of hydrogen-bond donors (Lipinski definition) is 1. The fourth-order valence-corrected chi connectivity index (χ4v) is 3.91. The summed E-state index contributed by atoms with van der Waals surface area (Å²) in [4.78, 5) is 22.8. The number of carbonyl (C=O) groups is 1. The molecule has 4 aromatic rings. The number of amides is 1. The molecule has 0 bridgehead atoms. The Balaban J connectivity index is 1.26. The molecule has 5 rings (SSSR count). The van der Waals surface area contributed by atoms with Gasteiger partial charge in [-0.2, -0.15) is 0 Å². The van der Waals surface area contributed by atoms with Gasteiger partial charge < -0.3 is 14.4 Å². The van der Waals surface area contributed by atoms with Crippen LogP contribution in [0.25, 0.3) is 22.3 Å². The minimum atomic E-state index is -0.0982. The lowest BCUT2D eigenvalue weighted by Crippen LogP contribution is -2.37. The quantitative estimate of drug-likeness (QED) is 0.561. The first-order valence-corrected chi connectivity index (χ1v) is 9.95. The first-order chi connectivity index (χ1) is 14.2. The normalized spacial score (nSPS) is 15.1. The maximum Gasteiger partial charge on any atom is 0.292 e. The second kappa shape index (κ2) is 7.20. The van der Waals surface area contributed by atoms with Crippen molar-refractivity contribution in [3.8, 4) is 11.3 Å². The Kier molecular flexibility index (Phi) is 4.39. The average molecular weight is 386 g/mol. The molecule has 2 aromatic heterocycles. The van der Waals surface area contributed by atoms with E-state index in [0.29, 0.717) is 30.5 Å². The molecule has 29 heavy (non-hydrogen) atoms. The van der Waals surface area contributed by atoms with Crippen LogP contribution in [0.5, 0.6) is 0 Å². The van der Waals surface area contributed by atoms with Gasteiger partial charge in [0.25, 0.3) is 5.91 Å². The minimum absolute atomic E-state index is 0.0982. The van der Waals surface area contributed by atoms with Crippen LogP contribution in [-0.2, 0) is 0 Å². The molecule has 0 aliphatic carbocycles. The number of carbonyl (C=O) groups excluding carboxylic acids is 1. The van der Waals surface area contributed by atoms with Crippen molar-refractivity contribution >= 4 is 16.9 Å². The Morgan fingerprint density at radius 1 is 1.10 bits per heavy atom. The molecule has 1 N–H and O–H groups in total. The molecule has 3 heterocycles. The summed E-state index contributed by atoms with van der Waals surface area (Å²) >= 11 is 0. The Morgan fingerprint density at radius 2 is 1.86 bits per heavy atom. The number of aromatic nitrogens is 3. The maximum atomic E-state index is 12.9. The number of benzene rings is 2. The Bertz CT molecular complexity index is 1120. The summed E-state index contributed by atoms with van der Waals surface area (Å²) in [6.07, 6.45) is 1.76. The number of H-pyrrole nitrogens is 1. The molecular weight excluding hydrogens is 364 g/mol. The molecule has 0 atom stereocenters. The first kappa shape index (κ1) is 17.7. The Hall–Kier alpha value is -3.41. The van der Waals surface area contributed by atoms with Gasteiger partial charge >= 0.3 is 0 Å². The maximum absolute atomic E-state index is 12.9. The van der Waals surface area contributed by atoms with Crippen LogP contribution in [0.2, 0.25) is 0 Å². The number of nitrogens with one attached hydrogen (secondary N) is 1. The second-order valence-corrected chi connectivity index (χ2v) is 7.65. The molecule has 6 nitrogen and oxygen atoms in total. The predicted molar refractivity (Wildman–Crippen MR) is 111 cm³/mol. The van der Waals surface area contributed by atoms with Crippen molar-refractivity contribution in [3.63, 3.8) is 0 Å². The summed E-state index contributed by atoms with van der Waals surface area (Å²) < 4.78 is 5.36. The van der Waals surface area contributed by atoms with Crippen LogP contribution < -0.4 is 0 Å². The summed E-state index contributed by atoms with van der Waals surface area (Å²) in [6.45, 7) is 3.40. The topological polar surface area (TPSA) is 75.0 Å². The number of piperidine rings is 1. The highest BCUT2D eigenvalue weighted by Gasteiger charge is 2.28. The third kappa shape index (κ3) is 3.42. The number of aryl methyl sites for hydroxylation is 1. The summed E-state index contributed by atoms with van der Waals surface area (Å²) in [5, 5.41) is 4.08. The van der Waals surface area contributed by atoms with Crippen LogP contribution in [0, 0.1) is 6.92 Å². The summed E-state index contributed by atoms with van der Waals surface area (Å²) in [7, 11) is 0. The second-order valence-electron chi connectivity index (χ2n) is 7.65. The van der Waals surface area contributed by atoms with Gasteiger partial charge in [0.2, 0.25) is 5.76 Å². The van der Waals surface area contributed by atoms with Gasteiger partial charge in [0.05, 0.1) is 11.0 Å². The average Bonchev–Trinajstić information content (AvgIpc) is 3.41. The zero-order valence-electron chi connectivity index (χ0n) is 16.3. The van der Waals surface area contributed by atoms with E-state index in [9.17, 15) is 4.79 Å². The van der Waals surface area contributed by atoms with E-state index in [2.05, 4.69) is 10.1 Å². The molecule has 0 saturated carbocycles. The van der Waals surface area contributed by atoms with Crippen molar-refractivity contribution < 1.29 is 9.32 Å². The fourth-order valence-electron chi connectivity index (χ4n) is 3.91. The molecular formula is C23H22N4O2. The van der Waals surface area contributed by atoms with E-state index in [0.717, 1.165) is 35.3 Å². The number of aromatic amines is 1. The van der Waals surface area contributed by atoms with Gasteiger partial charge in [0.1, 0.15) is 11.5 Å². The van der Waals surface area contributed by atoms with E-state index in [4.69, 9.17) is 9.51 Å². The molecule has 0 unspecified atom stereocenters. The van der Waals surface area contributed by atoms with Gasteiger partial charge in [-0.25, -0.2) is 4.98 Å². The summed E-state index contributed by atoms with van der Waals surface area (Å²) in [5.41, 5.74) is 4.87. The first-order valence-electron chi connectivity index (χ1n) is 9.95. The van der Waals surface area contributed by atoms with Gasteiger partial charge in [-0.1, -0.05) is 47.1 Å². The molecule has 1 saturated heterocycles. The molecule has 6 heteroatoms. The number of likely N-dealkylation sites (tertiary alicyclic amines) is 1. The smallest absolute Gasteiger partial charge is 0.292 e. The van der Waals surface area contributed by atoms with Gasteiger partial charge in [-0.3, -0.25) is 4.79 Å². The highest BCUT2D eigenvalue weighted by Crippen LogP contribution is 2.29. The highest BCUT2D eigenvalue weighted by atomic mass is 16.5. The van der Waals surface area contributed by atoms with Gasteiger partial charge in [0.15, 0.2) is 0 Å². The van der Waals surface area contributed by atoms with E-state index in [1.807, 2.05) is 60.4 Å². The van der Waals surface area contributed by atoms with Crippen LogP contribution in [-0.4, -0.2) is 39.0 Å². The van der Waals surface area contributed by atoms with Crippen LogP contribution in [0.4, 0.5) is 0 Å². The van der Waals surface area contributed by atoms with E-state index in [1.165, 1.54) is 5.56 Å². The van der Waals surface area contributed by atoms with Gasteiger partial charge in [-0.15, -0.1) is 0 Å². The lowest BCUT2D eigenvalue weighted by molar-refractivity contribution is 0.0669. The van der Waals surface area contributed by atoms with E-state index >= 15 is 0 Å². The molecule has 1 aliphatic heterocycles. The molecule has 0 spiro atoms. The summed E-state index contributed by atoms with van der Waals surface area (Å²) in [6, 6.07) is 17.8. The minimum Gasteiger partial charge on any atom is -0.350 e. The number of nitrogens with zero attached hydrogens (tertiary/aromatic N) is 3. The predicted octanol–water partition coefficient (Wildman–Crippen LogP) is 4.55. The van der Waals surface area contributed by atoms with E-state index in [1.54, 1.807) is 6.07 Å². The van der Waals surface area contributed by atoms with Crippen molar-refractivity contribution in [2.75, 3.05) is 13.1 Å². The number of para-hydroxylation sites is 2. The molecule has 1 fully saturated rings. The Morgan fingerprint density at radius 3 is 2.62 bits per heavy atom. The van der Waals surface area contributed by atoms with Crippen molar-refractivity contribution in [1.29, 1.82) is 0 Å². The van der Waals surface area contributed by atoms with Gasteiger partial charge in [-0.05, 0) is 31.9 Å². The zero-order valence-corrected chi connectivity index (χ0v) is 16.3. The van der Waals surface area contributed by atoms with Crippen molar-refractivity contribution in [1.82, 2.24) is 20.0 Å². The van der Waals surface area contributed by atoms with Crippen LogP contribution in [0.15, 0.2) is 59.1 Å². The zero-order chi connectivity index (χ0) is 19.8. The van der Waals surface area contributed by atoms with E-state index in [-0.39, 0.29) is 5.91 Å². The lowest BCUT2D eigenvalue weighted by atomic mass is 9.96. The molecule has 1 amide bonds. The van der Waals surface area contributed by atoms with Gasteiger partial charge in [0, 0.05) is 30.6 Å². The lowest BCUT2D eigenvalue weighted by Gasteiger charge is -2.30. The standard InChI is InChI=1S/C23H22N4O2/c1-15-6-8-16(9-7-15)20-14-21(29-26-20)23(28)27-12-10-17(11-13-27)22-24-18-4-2-3-5-19(18)25-22/h2-9,14,17H,10-13H2,1H3,(H,24,25). The number of hydrogen-bond acceptors (Lipinski definition) is 4. The number of imidazole rings is 1. The summed E-state index contributed by atoms with van der Waals surface area (Å²) in [5.74, 6) is 1.55.